The first-order chi connectivity index (χ1) is 6.47. The number of ether oxygens (including phenoxy) is 1. The van der Waals surface area contributed by atoms with E-state index in [1.54, 1.807) is 0 Å². The fourth-order valence-corrected chi connectivity index (χ4v) is 2.81. The zero-order valence-corrected chi connectivity index (χ0v) is 9.75. The third kappa shape index (κ3) is 2.81. The molecule has 14 heavy (non-hydrogen) atoms. The largest absolute Gasteiger partial charge is 0.365 e. The predicted octanol–water partition coefficient (Wildman–Crippen LogP) is 2.81. The second kappa shape index (κ2) is 4.43. The van der Waals surface area contributed by atoms with E-state index in [1.165, 1.54) is 6.42 Å². The SMILES string of the molecule is CC1CC(C)CC(C=O)(OC(C)C)C1. The Balaban J connectivity index is 2.71. The summed E-state index contributed by atoms with van der Waals surface area (Å²) in [4.78, 5) is 11.2. The van der Waals surface area contributed by atoms with Crippen LogP contribution in [0.2, 0.25) is 0 Å². The van der Waals surface area contributed by atoms with Crippen LogP contribution in [-0.4, -0.2) is 18.0 Å². The Hall–Kier alpha value is -0.370. The third-order valence-corrected chi connectivity index (χ3v) is 2.88. The summed E-state index contributed by atoms with van der Waals surface area (Å²) in [5.74, 6) is 1.20. The molecule has 0 aliphatic heterocycles. The van der Waals surface area contributed by atoms with Crippen LogP contribution in [0, 0.1) is 11.8 Å². The Bertz CT molecular complexity index is 183. The van der Waals surface area contributed by atoms with Crippen molar-refractivity contribution in [3.63, 3.8) is 0 Å². The van der Waals surface area contributed by atoms with Crippen LogP contribution in [0.25, 0.3) is 0 Å². The standard InChI is InChI=1S/C12H22O2/c1-9(2)14-12(8-13)6-10(3)5-11(4)7-12/h8-11H,5-7H2,1-4H3. The van der Waals surface area contributed by atoms with Crippen LogP contribution in [0.3, 0.4) is 0 Å². The van der Waals surface area contributed by atoms with Crippen molar-refractivity contribution < 1.29 is 9.53 Å². The van der Waals surface area contributed by atoms with E-state index >= 15 is 0 Å². The van der Waals surface area contributed by atoms with Crippen LogP contribution in [0.4, 0.5) is 0 Å². The number of hydrogen-bond donors (Lipinski definition) is 0. The monoisotopic (exact) mass is 198 g/mol. The maximum Gasteiger partial charge on any atom is 0.151 e. The summed E-state index contributed by atoms with van der Waals surface area (Å²) in [5, 5.41) is 0. The van der Waals surface area contributed by atoms with Crippen molar-refractivity contribution in [1.29, 1.82) is 0 Å². The Labute approximate surface area is 87.0 Å². The van der Waals surface area contributed by atoms with E-state index < -0.39 is 5.60 Å². The van der Waals surface area contributed by atoms with Crippen molar-refractivity contribution in [3.05, 3.63) is 0 Å². The van der Waals surface area contributed by atoms with Crippen LogP contribution in [0.5, 0.6) is 0 Å². The van der Waals surface area contributed by atoms with Crippen molar-refractivity contribution in [2.75, 3.05) is 0 Å². The maximum atomic E-state index is 11.2. The molecule has 82 valence electrons. The van der Waals surface area contributed by atoms with Gasteiger partial charge in [-0.1, -0.05) is 13.8 Å². The summed E-state index contributed by atoms with van der Waals surface area (Å²) in [6, 6.07) is 0. The normalized spacial score (nSPS) is 38.6. The molecule has 0 bridgehead atoms. The highest BCUT2D eigenvalue weighted by atomic mass is 16.5. The molecule has 0 aromatic rings. The number of hydrogen-bond acceptors (Lipinski definition) is 2. The highest BCUT2D eigenvalue weighted by molar-refractivity contribution is 5.62. The smallest absolute Gasteiger partial charge is 0.151 e. The molecule has 0 N–H and O–H groups in total. The van der Waals surface area contributed by atoms with Gasteiger partial charge in [0, 0.05) is 0 Å². The van der Waals surface area contributed by atoms with Gasteiger partial charge in [0.25, 0.3) is 0 Å². The third-order valence-electron chi connectivity index (χ3n) is 2.88. The Morgan fingerprint density at radius 3 is 2.14 bits per heavy atom. The van der Waals surface area contributed by atoms with Crippen molar-refractivity contribution in [3.8, 4) is 0 Å². The minimum atomic E-state index is -0.495. The van der Waals surface area contributed by atoms with Crippen molar-refractivity contribution >= 4 is 6.29 Å². The molecule has 1 saturated carbocycles. The maximum absolute atomic E-state index is 11.2. The Morgan fingerprint density at radius 1 is 1.29 bits per heavy atom. The molecule has 2 nitrogen and oxygen atoms in total. The lowest BCUT2D eigenvalue weighted by Gasteiger charge is -2.39. The summed E-state index contributed by atoms with van der Waals surface area (Å²) >= 11 is 0. The molecule has 1 rings (SSSR count). The lowest BCUT2D eigenvalue weighted by molar-refractivity contribution is -0.149. The molecule has 0 aromatic carbocycles. The molecule has 0 saturated heterocycles. The molecule has 2 unspecified atom stereocenters. The molecule has 2 heteroatoms. The van der Waals surface area contributed by atoms with Crippen LogP contribution >= 0.6 is 0 Å². The van der Waals surface area contributed by atoms with Gasteiger partial charge in [0.1, 0.15) is 5.60 Å². The van der Waals surface area contributed by atoms with Crippen LogP contribution in [0.15, 0.2) is 0 Å². The predicted molar refractivity (Wildman–Crippen MR) is 57.2 cm³/mol. The molecule has 0 spiro atoms. The fourth-order valence-electron chi connectivity index (χ4n) is 2.81. The number of aldehydes is 1. The summed E-state index contributed by atoms with van der Waals surface area (Å²) in [6.45, 7) is 8.40. The first kappa shape index (κ1) is 11.7. The average molecular weight is 198 g/mol. The van der Waals surface area contributed by atoms with E-state index in [0.29, 0.717) is 11.8 Å². The minimum Gasteiger partial charge on any atom is -0.365 e. The summed E-state index contributed by atoms with van der Waals surface area (Å²) in [5.41, 5.74) is -0.495. The lowest BCUT2D eigenvalue weighted by atomic mass is 9.74. The minimum absolute atomic E-state index is 0.137. The van der Waals surface area contributed by atoms with Crippen molar-refractivity contribution in [2.45, 2.75) is 58.7 Å². The van der Waals surface area contributed by atoms with Crippen LogP contribution in [-0.2, 0) is 9.53 Å². The second-order valence-electron chi connectivity index (χ2n) is 5.20. The van der Waals surface area contributed by atoms with Gasteiger partial charge in [0.05, 0.1) is 6.10 Å². The Kier molecular flexibility index (Phi) is 3.71. The van der Waals surface area contributed by atoms with E-state index in [1.807, 2.05) is 13.8 Å². The van der Waals surface area contributed by atoms with E-state index in [2.05, 4.69) is 13.8 Å². The fraction of sp³-hybridized carbons (Fsp3) is 0.917. The van der Waals surface area contributed by atoms with Gasteiger partial charge < -0.3 is 9.53 Å². The molecule has 0 aromatic heterocycles. The summed E-state index contributed by atoms with van der Waals surface area (Å²) in [7, 11) is 0. The van der Waals surface area contributed by atoms with E-state index in [0.717, 1.165) is 19.1 Å². The van der Waals surface area contributed by atoms with Gasteiger partial charge in [-0.05, 0) is 44.9 Å². The van der Waals surface area contributed by atoms with Crippen LogP contribution in [0.1, 0.15) is 47.0 Å². The van der Waals surface area contributed by atoms with Crippen molar-refractivity contribution in [1.82, 2.24) is 0 Å². The van der Waals surface area contributed by atoms with Gasteiger partial charge in [-0.15, -0.1) is 0 Å². The number of carbonyl (C=O) groups excluding carboxylic acids is 1. The van der Waals surface area contributed by atoms with E-state index in [9.17, 15) is 4.79 Å². The first-order valence-electron chi connectivity index (χ1n) is 5.61. The quantitative estimate of drug-likeness (QED) is 0.652. The van der Waals surface area contributed by atoms with E-state index in [-0.39, 0.29) is 6.10 Å². The number of rotatable bonds is 3. The zero-order valence-electron chi connectivity index (χ0n) is 9.75. The molecule has 1 aliphatic carbocycles. The lowest BCUT2D eigenvalue weighted by Crippen LogP contribution is -2.43. The highest BCUT2D eigenvalue weighted by Gasteiger charge is 2.39. The highest BCUT2D eigenvalue weighted by Crippen LogP contribution is 2.37. The van der Waals surface area contributed by atoms with Gasteiger partial charge in [-0.25, -0.2) is 0 Å². The topological polar surface area (TPSA) is 26.3 Å². The first-order valence-corrected chi connectivity index (χ1v) is 5.61. The molecule has 1 fully saturated rings. The van der Waals surface area contributed by atoms with Crippen molar-refractivity contribution in [2.24, 2.45) is 11.8 Å². The summed E-state index contributed by atoms with van der Waals surface area (Å²) < 4.78 is 5.80. The molecule has 0 amide bonds. The molecule has 0 heterocycles. The van der Waals surface area contributed by atoms with Gasteiger partial charge in [0.15, 0.2) is 6.29 Å². The van der Waals surface area contributed by atoms with Gasteiger partial charge >= 0.3 is 0 Å². The molecular weight excluding hydrogens is 176 g/mol. The Morgan fingerprint density at radius 2 is 1.79 bits per heavy atom. The molecule has 0 radical (unpaired) electrons. The van der Waals surface area contributed by atoms with Crippen LogP contribution < -0.4 is 0 Å². The molecular formula is C12H22O2. The van der Waals surface area contributed by atoms with Gasteiger partial charge in [-0.3, -0.25) is 0 Å². The molecule has 1 aliphatic rings. The number of carbonyl (C=O) groups is 1. The second-order valence-corrected chi connectivity index (χ2v) is 5.20. The van der Waals surface area contributed by atoms with E-state index in [4.69, 9.17) is 4.74 Å². The summed E-state index contributed by atoms with van der Waals surface area (Å²) in [6.07, 6.45) is 4.16. The van der Waals surface area contributed by atoms with Gasteiger partial charge in [0.2, 0.25) is 0 Å². The molecule has 2 atom stereocenters. The van der Waals surface area contributed by atoms with Gasteiger partial charge in [-0.2, -0.15) is 0 Å². The average Bonchev–Trinajstić information content (AvgIpc) is 2.00. The zero-order chi connectivity index (χ0) is 10.8.